The van der Waals surface area contributed by atoms with Gasteiger partial charge in [0.25, 0.3) is 5.91 Å². The molecular weight excluding hydrogens is 352 g/mol. The molecule has 1 N–H and O–H groups in total. The maximum atomic E-state index is 13.6. The van der Waals surface area contributed by atoms with E-state index in [1.165, 1.54) is 6.07 Å². The number of hydrogen-bond donors (Lipinski definition) is 1. The van der Waals surface area contributed by atoms with Crippen LogP contribution in [0, 0.1) is 17.6 Å². The van der Waals surface area contributed by atoms with Gasteiger partial charge >= 0.3 is 0 Å². The van der Waals surface area contributed by atoms with Gasteiger partial charge in [-0.1, -0.05) is 13.8 Å². The van der Waals surface area contributed by atoms with Crippen LogP contribution < -0.4 is 10.1 Å². The van der Waals surface area contributed by atoms with Crippen LogP contribution in [0.4, 0.5) is 8.78 Å². The molecule has 2 aromatic rings. The molecule has 0 unspecified atom stereocenters. The summed E-state index contributed by atoms with van der Waals surface area (Å²) in [6, 6.07) is 2.79. The molecule has 1 aromatic carbocycles. The van der Waals surface area contributed by atoms with Gasteiger partial charge in [-0.2, -0.15) is 5.10 Å². The molecule has 1 heterocycles. The summed E-state index contributed by atoms with van der Waals surface area (Å²) in [5.41, 5.74) is 1.59. The van der Waals surface area contributed by atoms with Gasteiger partial charge in [0.05, 0.1) is 23.5 Å². The van der Waals surface area contributed by atoms with E-state index < -0.39 is 11.6 Å². The Morgan fingerprint density at radius 3 is 2.70 bits per heavy atom. The van der Waals surface area contributed by atoms with Crippen LogP contribution in [0.25, 0.3) is 0 Å². The standard InChI is InChI=1S/C20H25F2N3O2/c1-12(2)10-25-19(14-4-5-14)16(9-23-25)20(26)24-13(3)11-27-18-7-6-15(21)8-17(18)22/h6-9,12-14H,4-5,10-11H2,1-3H3,(H,24,26)/t13-/m1/s1. The molecule has 1 aliphatic carbocycles. The van der Waals surface area contributed by atoms with E-state index in [0.29, 0.717) is 17.4 Å². The summed E-state index contributed by atoms with van der Waals surface area (Å²) in [7, 11) is 0. The molecule has 0 saturated heterocycles. The van der Waals surface area contributed by atoms with Crippen molar-refractivity contribution >= 4 is 5.91 Å². The van der Waals surface area contributed by atoms with Crippen molar-refractivity contribution in [3.63, 3.8) is 0 Å². The highest BCUT2D eigenvalue weighted by Gasteiger charge is 2.32. The predicted octanol–water partition coefficient (Wildman–Crippen LogP) is 3.89. The Bertz CT molecular complexity index is 816. The van der Waals surface area contributed by atoms with Crippen molar-refractivity contribution in [1.82, 2.24) is 15.1 Å². The van der Waals surface area contributed by atoms with Gasteiger partial charge < -0.3 is 10.1 Å². The number of ether oxygens (including phenoxy) is 1. The van der Waals surface area contributed by atoms with Crippen molar-refractivity contribution in [1.29, 1.82) is 0 Å². The van der Waals surface area contributed by atoms with E-state index in [-0.39, 0.29) is 24.3 Å². The van der Waals surface area contributed by atoms with Gasteiger partial charge in [0, 0.05) is 18.5 Å². The minimum atomic E-state index is -0.764. The molecule has 0 spiro atoms. The van der Waals surface area contributed by atoms with Crippen LogP contribution >= 0.6 is 0 Å². The van der Waals surface area contributed by atoms with Gasteiger partial charge in [0.2, 0.25) is 0 Å². The second kappa shape index (κ2) is 8.06. The summed E-state index contributed by atoms with van der Waals surface area (Å²) < 4.78 is 33.9. The van der Waals surface area contributed by atoms with Gasteiger partial charge in [0.15, 0.2) is 11.6 Å². The minimum absolute atomic E-state index is 0.0408. The van der Waals surface area contributed by atoms with Crippen molar-refractivity contribution in [2.24, 2.45) is 5.92 Å². The fraction of sp³-hybridized carbons (Fsp3) is 0.500. The molecule has 0 bridgehead atoms. The molecule has 1 aromatic heterocycles. The molecule has 1 aliphatic rings. The third-order valence-corrected chi connectivity index (χ3v) is 4.39. The van der Waals surface area contributed by atoms with Crippen molar-refractivity contribution in [2.45, 2.75) is 52.1 Å². The first-order chi connectivity index (χ1) is 12.8. The van der Waals surface area contributed by atoms with E-state index in [9.17, 15) is 13.6 Å². The molecule has 27 heavy (non-hydrogen) atoms. The van der Waals surface area contributed by atoms with E-state index in [4.69, 9.17) is 4.74 Å². The maximum absolute atomic E-state index is 13.6. The lowest BCUT2D eigenvalue weighted by molar-refractivity contribution is 0.0925. The first-order valence-corrected chi connectivity index (χ1v) is 9.29. The van der Waals surface area contributed by atoms with Gasteiger partial charge in [-0.25, -0.2) is 8.78 Å². The average Bonchev–Trinajstić information content (AvgIpc) is 3.34. The van der Waals surface area contributed by atoms with Crippen molar-refractivity contribution in [3.8, 4) is 5.75 Å². The molecule has 1 saturated carbocycles. The molecule has 5 nitrogen and oxygen atoms in total. The number of halogens is 2. The highest BCUT2D eigenvalue weighted by atomic mass is 19.1. The zero-order chi connectivity index (χ0) is 19.6. The van der Waals surface area contributed by atoms with Crippen LogP contribution in [0.5, 0.6) is 5.75 Å². The van der Waals surface area contributed by atoms with Crippen LogP contribution in [-0.2, 0) is 6.54 Å². The van der Waals surface area contributed by atoms with Gasteiger partial charge in [-0.3, -0.25) is 9.48 Å². The largest absolute Gasteiger partial charge is 0.488 e. The fourth-order valence-corrected chi connectivity index (χ4v) is 3.00. The zero-order valence-corrected chi connectivity index (χ0v) is 15.8. The lowest BCUT2D eigenvalue weighted by Crippen LogP contribution is -2.37. The molecule has 0 radical (unpaired) electrons. The van der Waals surface area contributed by atoms with Gasteiger partial charge in [-0.15, -0.1) is 0 Å². The first kappa shape index (κ1) is 19.3. The average molecular weight is 377 g/mol. The SMILES string of the molecule is CC(C)Cn1ncc(C(=O)N[C@H](C)COc2ccc(F)cc2F)c1C1CC1. The topological polar surface area (TPSA) is 56.2 Å². The van der Waals surface area contributed by atoms with E-state index >= 15 is 0 Å². The molecule has 0 aliphatic heterocycles. The number of carbonyl (C=O) groups is 1. The Balaban J connectivity index is 1.62. The highest BCUT2D eigenvalue weighted by Crippen LogP contribution is 2.41. The number of hydrogen-bond acceptors (Lipinski definition) is 3. The number of rotatable bonds is 8. The number of benzene rings is 1. The Labute approximate surface area is 157 Å². The summed E-state index contributed by atoms with van der Waals surface area (Å²) >= 11 is 0. The van der Waals surface area contributed by atoms with Gasteiger partial charge in [0.1, 0.15) is 12.4 Å². The summed E-state index contributed by atoms with van der Waals surface area (Å²) in [5.74, 6) is -0.835. The molecule has 7 heteroatoms. The van der Waals surface area contributed by atoms with E-state index in [2.05, 4.69) is 24.3 Å². The molecule has 146 valence electrons. The lowest BCUT2D eigenvalue weighted by atomic mass is 10.1. The zero-order valence-electron chi connectivity index (χ0n) is 15.8. The molecule has 1 atom stereocenters. The molecule has 1 fully saturated rings. The predicted molar refractivity (Wildman–Crippen MR) is 97.8 cm³/mol. The molecule has 3 rings (SSSR count). The second-order valence-electron chi connectivity index (χ2n) is 7.55. The summed E-state index contributed by atoms with van der Waals surface area (Å²) in [6.45, 7) is 6.86. The van der Waals surface area contributed by atoms with Crippen LogP contribution in [-0.4, -0.2) is 28.3 Å². The van der Waals surface area contributed by atoms with Gasteiger partial charge in [-0.05, 0) is 37.8 Å². The third kappa shape index (κ3) is 4.84. The Morgan fingerprint density at radius 2 is 2.07 bits per heavy atom. The number of amides is 1. The van der Waals surface area contributed by atoms with Crippen LogP contribution in [0.3, 0.4) is 0 Å². The normalized spacial score (nSPS) is 15.0. The lowest BCUT2D eigenvalue weighted by Gasteiger charge is -2.16. The Morgan fingerprint density at radius 1 is 1.33 bits per heavy atom. The summed E-state index contributed by atoms with van der Waals surface area (Å²) in [5, 5.41) is 7.27. The fourth-order valence-electron chi connectivity index (χ4n) is 3.00. The summed E-state index contributed by atoms with van der Waals surface area (Å²) in [6.07, 6.45) is 3.78. The minimum Gasteiger partial charge on any atom is -0.488 e. The number of carbonyl (C=O) groups excluding carboxylic acids is 1. The van der Waals surface area contributed by atoms with E-state index in [1.54, 1.807) is 13.1 Å². The van der Waals surface area contributed by atoms with Crippen molar-refractivity contribution in [3.05, 3.63) is 47.3 Å². The van der Waals surface area contributed by atoms with Crippen LogP contribution in [0.1, 0.15) is 55.6 Å². The second-order valence-corrected chi connectivity index (χ2v) is 7.55. The Hall–Kier alpha value is -2.44. The van der Waals surface area contributed by atoms with E-state index in [0.717, 1.165) is 37.2 Å². The van der Waals surface area contributed by atoms with Crippen LogP contribution in [0.2, 0.25) is 0 Å². The quantitative estimate of drug-likeness (QED) is 0.759. The highest BCUT2D eigenvalue weighted by molar-refractivity contribution is 5.95. The first-order valence-electron chi connectivity index (χ1n) is 9.29. The number of aromatic nitrogens is 2. The molecular formula is C20H25F2N3O2. The van der Waals surface area contributed by atoms with Crippen molar-refractivity contribution in [2.75, 3.05) is 6.61 Å². The monoisotopic (exact) mass is 377 g/mol. The molecule has 1 amide bonds. The Kier molecular flexibility index (Phi) is 5.77. The number of nitrogens with zero attached hydrogens (tertiary/aromatic N) is 2. The van der Waals surface area contributed by atoms with E-state index in [1.807, 2.05) is 4.68 Å². The number of nitrogens with one attached hydrogen (secondary N) is 1. The van der Waals surface area contributed by atoms with Crippen LogP contribution in [0.15, 0.2) is 24.4 Å². The maximum Gasteiger partial charge on any atom is 0.255 e. The van der Waals surface area contributed by atoms with Crippen molar-refractivity contribution < 1.29 is 18.3 Å². The third-order valence-electron chi connectivity index (χ3n) is 4.39. The summed E-state index contributed by atoms with van der Waals surface area (Å²) in [4.78, 5) is 12.7. The smallest absolute Gasteiger partial charge is 0.255 e.